The highest BCUT2D eigenvalue weighted by molar-refractivity contribution is 7.09. The number of thiazole rings is 1. The Hall–Kier alpha value is -0.450. The topological polar surface area (TPSA) is 45.2 Å². The normalized spacial score (nSPS) is 18.4. The van der Waals surface area contributed by atoms with E-state index < -0.39 is 0 Å². The second-order valence-electron chi connectivity index (χ2n) is 4.12. The molecule has 2 rings (SSSR count). The zero-order valence-corrected chi connectivity index (χ0v) is 9.23. The second kappa shape index (κ2) is 3.96. The van der Waals surface area contributed by atoms with Gasteiger partial charge in [-0.05, 0) is 19.8 Å². The molecular weight excluding hydrogens is 196 g/mol. The van der Waals surface area contributed by atoms with Crippen LogP contribution in [0.15, 0.2) is 5.38 Å². The second-order valence-corrected chi connectivity index (χ2v) is 5.18. The van der Waals surface area contributed by atoms with Gasteiger partial charge in [-0.2, -0.15) is 0 Å². The fourth-order valence-corrected chi connectivity index (χ4v) is 2.13. The predicted octanol–water partition coefficient (Wildman–Crippen LogP) is 1.31. The van der Waals surface area contributed by atoms with Gasteiger partial charge < -0.3 is 10.4 Å². The van der Waals surface area contributed by atoms with E-state index in [0.29, 0.717) is 6.61 Å². The highest BCUT2D eigenvalue weighted by Gasteiger charge is 2.41. The van der Waals surface area contributed by atoms with Crippen molar-refractivity contribution >= 4 is 11.3 Å². The molecule has 1 aliphatic rings. The lowest BCUT2D eigenvalue weighted by Gasteiger charge is -2.11. The van der Waals surface area contributed by atoms with Gasteiger partial charge >= 0.3 is 0 Å². The van der Waals surface area contributed by atoms with Crippen molar-refractivity contribution in [2.75, 3.05) is 13.2 Å². The van der Waals surface area contributed by atoms with Gasteiger partial charge in [0.05, 0.1) is 10.7 Å². The van der Waals surface area contributed by atoms with Crippen LogP contribution >= 0.6 is 11.3 Å². The quantitative estimate of drug-likeness (QED) is 0.773. The lowest BCUT2D eigenvalue weighted by molar-refractivity contribution is 0.207. The summed E-state index contributed by atoms with van der Waals surface area (Å²) in [5.41, 5.74) is 1.31. The van der Waals surface area contributed by atoms with Crippen LogP contribution in [0.1, 0.15) is 23.5 Å². The Morgan fingerprint density at radius 2 is 2.43 bits per heavy atom. The van der Waals surface area contributed by atoms with Crippen LogP contribution in [0.2, 0.25) is 0 Å². The number of nitrogens with one attached hydrogen (secondary N) is 1. The summed E-state index contributed by atoms with van der Waals surface area (Å²) < 4.78 is 0. The Kier molecular flexibility index (Phi) is 2.85. The molecule has 0 aromatic carbocycles. The molecule has 1 aromatic heterocycles. The molecule has 1 fully saturated rings. The van der Waals surface area contributed by atoms with E-state index in [1.807, 2.05) is 6.92 Å². The van der Waals surface area contributed by atoms with Gasteiger partial charge in [-0.15, -0.1) is 11.3 Å². The third-order valence-electron chi connectivity index (χ3n) is 2.77. The lowest BCUT2D eigenvalue weighted by atomic mass is 10.1. The minimum atomic E-state index is 0.199. The highest BCUT2D eigenvalue weighted by atomic mass is 32.1. The summed E-state index contributed by atoms with van der Waals surface area (Å²) in [7, 11) is 0. The SMILES string of the molecule is Cc1nc(CNCC2(CO)CC2)cs1. The molecule has 0 saturated heterocycles. The fraction of sp³-hybridized carbons (Fsp3) is 0.700. The average molecular weight is 212 g/mol. The molecule has 14 heavy (non-hydrogen) atoms. The molecule has 0 atom stereocenters. The highest BCUT2D eigenvalue weighted by Crippen LogP contribution is 2.44. The maximum absolute atomic E-state index is 9.10. The number of rotatable bonds is 5. The van der Waals surface area contributed by atoms with Crippen molar-refractivity contribution in [2.24, 2.45) is 5.41 Å². The standard InChI is InChI=1S/C10H16N2OS/c1-8-12-9(5-14-8)4-11-6-10(7-13)2-3-10/h5,11,13H,2-4,6-7H2,1H3. The molecule has 0 amide bonds. The van der Waals surface area contributed by atoms with Crippen molar-refractivity contribution < 1.29 is 5.11 Å². The van der Waals surface area contributed by atoms with Crippen molar-refractivity contribution in [1.82, 2.24) is 10.3 Å². The Morgan fingerprint density at radius 3 is 2.93 bits per heavy atom. The van der Waals surface area contributed by atoms with Gasteiger partial charge in [0.25, 0.3) is 0 Å². The number of hydrogen-bond acceptors (Lipinski definition) is 4. The van der Waals surface area contributed by atoms with Gasteiger partial charge in [0.2, 0.25) is 0 Å². The number of aliphatic hydroxyl groups excluding tert-OH is 1. The number of aryl methyl sites for hydroxylation is 1. The predicted molar refractivity (Wildman–Crippen MR) is 57.3 cm³/mol. The molecule has 0 spiro atoms. The maximum atomic E-state index is 9.10. The summed E-state index contributed by atoms with van der Waals surface area (Å²) >= 11 is 1.68. The van der Waals surface area contributed by atoms with E-state index in [1.165, 1.54) is 0 Å². The number of nitrogens with zero attached hydrogens (tertiary/aromatic N) is 1. The zero-order chi connectivity index (χ0) is 10.0. The van der Waals surface area contributed by atoms with Gasteiger partial charge in [-0.3, -0.25) is 0 Å². The Labute approximate surface area is 88.2 Å². The molecule has 78 valence electrons. The minimum absolute atomic E-state index is 0.199. The smallest absolute Gasteiger partial charge is 0.0897 e. The van der Waals surface area contributed by atoms with Crippen LogP contribution in [0.25, 0.3) is 0 Å². The molecule has 3 nitrogen and oxygen atoms in total. The number of hydrogen-bond donors (Lipinski definition) is 2. The molecule has 0 aliphatic heterocycles. The molecule has 4 heteroatoms. The van der Waals surface area contributed by atoms with Crippen LogP contribution in [0.4, 0.5) is 0 Å². The first-order valence-corrected chi connectivity index (χ1v) is 5.85. The monoisotopic (exact) mass is 212 g/mol. The van der Waals surface area contributed by atoms with Crippen molar-refractivity contribution in [3.63, 3.8) is 0 Å². The van der Waals surface area contributed by atoms with Gasteiger partial charge in [0.15, 0.2) is 0 Å². The Bertz CT molecular complexity index is 307. The van der Waals surface area contributed by atoms with Crippen LogP contribution in [0.5, 0.6) is 0 Å². The van der Waals surface area contributed by atoms with E-state index in [1.54, 1.807) is 11.3 Å². The van der Waals surface area contributed by atoms with Crippen LogP contribution in [-0.4, -0.2) is 23.2 Å². The first-order chi connectivity index (χ1) is 6.74. The average Bonchev–Trinajstić information content (AvgIpc) is 2.84. The van der Waals surface area contributed by atoms with E-state index in [9.17, 15) is 0 Å². The largest absolute Gasteiger partial charge is 0.396 e. The van der Waals surface area contributed by atoms with Gasteiger partial charge in [-0.25, -0.2) is 4.98 Å². The summed E-state index contributed by atoms with van der Waals surface area (Å²) in [6.07, 6.45) is 2.32. The van der Waals surface area contributed by atoms with E-state index in [2.05, 4.69) is 15.7 Å². The lowest BCUT2D eigenvalue weighted by Crippen LogP contribution is -2.26. The Morgan fingerprint density at radius 1 is 1.64 bits per heavy atom. The summed E-state index contributed by atoms with van der Waals surface area (Å²) in [6.45, 7) is 4.08. The minimum Gasteiger partial charge on any atom is -0.396 e. The van der Waals surface area contributed by atoms with Crippen LogP contribution in [-0.2, 0) is 6.54 Å². The Balaban J connectivity index is 1.73. The summed E-state index contributed by atoms with van der Waals surface area (Å²) in [5, 5.41) is 15.7. The first kappa shape index (κ1) is 10.1. The van der Waals surface area contributed by atoms with Gasteiger partial charge in [0.1, 0.15) is 0 Å². The number of aromatic nitrogens is 1. The van der Waals surface area contributed by atoms with Gasteiger partial charge in [0, 0.05) is 30.5 Å². The van der Waals surface area contributed by atoms with Crippen molar-refractivity contribution in [1.29, 1.82) is 0 Å². The van der Waals surface area contributed by atoms with E-state index in [0.717, 1.165) is 36.6 Å². The molecule has 1 saturated carbocycles. The van der Waals surface area contributed by atoms with Crippen molar-refractivity contribution in [2.45, 2.75) is 26.3 Å². The third kappa shape index (κ3) is 2.32. The van der Waals surface area contributed by atoms with Crippen molar-refractivity contribution in [3.05, 3.63) is 16.1 Å². The van der Waals surface area contributed by atoms with E-state index in [4.69, 9.17) is 5.11 Å². The van der Waals surface area contributed by atoms with Crippen molar-refractivity contribution in [3.8, 4) is 0 Å². The molecule has 1 heterocycles. The molecular formula is C10H16N2OS. The molecule has 1 aromatic rings. The fourth-order valence-electron chi connectivity index (χ4n) is 1.51. The maximum Gasteiger partial charge on any atom is 0.0897 e. The zero-order valence-electron chi connectivity index (χ0n) is 8.42. The molecule has 2 N–H and O–H groups in total. The van der Waals surface area contributed by atoms with E-state index in [-0.39, 0.29) is 5.41 Å². The first-order valence-electron chi connectivity index (χ1n) is 4.97. The molecule has 1 aliphatic carbocycles. The third-order valence-corrected chi connectivity index (χ3v) is 3.59. The molecule has 0 unspecified atom stereocenters. The van der Waals surface area contributed by atoms with Crippen LogP contribution < -0.4 is 5.32 Å². The number of aliphatic hydroxyl groups is 1. The van der Waals surface area contributed by atoms with Gasteiger partial charge in [-0.1, -0.05) is 0 Å². The summed E-state index contributed by atoms with van der Waals surface area (Å²) in [6, 6.07) is 0. The summed E-state index contributed by atoms with van der Waals surface area (Å²) in [5.74, 6) is 0. The molecule has 0 bridgehead atoms. The van der Waals surface area contributed by atoms with Crippen LogP contribution in [0, 0.1) is 12.3 Å². The van der Waals surface area contributed by atoms with E-state index >= 15 is 0 Å². The van der Waals surface area contributed by atoms with Crippen LogP contribution in [0.3, 0.4) is 0 Å². The summed E-state index contributed by atoms with van der Waals surface area (Å²) in [4.78, 5) is 4.37. The molecule has 0 radical (unpaired) electrons.